The van der Waals surface area contributed by atoms with Crippen LogP contribution in [0.1, 0.15) is 45.1 Å². The molecule has 1 fully saturated rings. The molecule has 1 saturated heterocycles. The maximum atomic E-state index is 12.2. The summed E-state index contributed by atoms with van der Waals surface area (Å²) in [5.74, 6) is 1.01. The van der Waals surface area contributed by atoms with Gasteiger partial charge in [-0.1, -0.05) is 34.1 Å². The third kappa shape index (κ3) is 5.21. The molecule has 1 aromatic carbocycles. The van der Waals surface area contributed by atoms with E-state index in [4.69, 9.17) is 4.74 Å². The first-order valence-corrected chi connectivity index (χ1v) is 9.48. The largest absolute Gasteiger partial charge is 0.444 e. The number of rotatable bonds is 4. The number of nitrogens with one attached hydrogen (secondary N) is 1. The lowest BCUT2D eigenvalue weighted by Gasteiger charge is -2.37. The quantitative estimate of drug-likeness (QED) is 0.819. The van der Waals surface area contributed by atoms with Crippen LogP contribution in [-0.4, -0.2) is 43.3 Å². The molecule has 0 saturated carbocycles. The maximum absolute atomic E-state index is 12.2. The van der Waals surface area contributed by atoms with Gasteiger partial charge < -0.3 is 15.0 Å². The van der Waals surface area contributed by atoms with Gasteiger partial charge in [0.1, 0.15) is 5.60 Å². The highest BCUT2D eigenvalue weighted by Crippen LogP contribution is 2.36. The molecule has 0 bridgehead atoms. The Hall–Kier alpha value is -1.07. The summed E-state index contributed by atoms with van der Waals surface area (Å²) >= 11 is 3.69. The van der Waals surface area contributed by atoms with Crippen molar-refractivity contribution in [3.05, 3.63) is 34.3 Å². The second-order valence-corrected chi connectivity index (χ2v) is 8.34. The smallest absolute Gasteiger partial charge is 0.410 e. The third-order valence-electron chi connectivity index (χ3n) is 4.49. The van der Waals surface area contributed by atoms with Crippen molar-refractivity contribution in [3.63, 3.8) is 0 Å². The number of hydrogen-bond acceptors (Lipinski definition) is 3. The topological polar surface area (TPSA) is 41.6 Å². The minimum absolute atomic E-state index is 0.188. The van der Waals surface area contributed by atoms with Crippen LogP contribution < -0.4 is 5.32 Å². The van der Waals surface area contributed by atoms with Crippen molar-refractivity contribution in [1.29, 1.82) is 0 Å². The molecule has 0 aromatic heterocycles. The Bertz CT molecular complexity index is 549. The van der Waals surface area contributed by atoms with Gasteiger partial charge in [0.2, 0.25) is 0 Å². The average Bonchev–Trinajstić information content (AvgIpc) is 2.52. The molecule has 2 rings (SSSR count). The maximum Gasteiger partial charge on any atom is 0.410 e. The van der Waals surface area contributed by atoms with E-state index in [2.05, 4.69) is 45.5 Å². The van der Waals surface area contributed by atoms with E-state index in [0.717, 1.165) is 32.5 Å². The van der Waals surface area contributed by atoms with E-state index in [9.17, 15) is 4.79 Å². The van der Waals surface area contributed by atoms with Crippen molar-refractivity contribution in [3.8, 4) is 0 Å². The second kappa shape index (κ2) is 8.34. The van der Waals surface area contributed by atoms with Gasteiger partial charge in [-0.2, -0.15) is 0 Å². The first-order chi connectivity index (χ1) is 11.3. The molecule has 4 nitrogen and oxygen atoms in total. The number of ether oxygens (including phenoxy) is 1. The molecule has 1 N–H and O–H groups in total. The minimum atomic E-state index is -0.433. The predicted octanol–water partition coefficient (Wildman–Crippen LogP) is 4.40. The normalized spacial score (nSPS) is 17.6. The Kier molecular flexibility index (Phi) is 6.70. The number of likely N-dealkylation sites (N-methyl/N-ethyl adjacent to an activating group) is 1. The van der Waals surface area contributed by atoms with Crippen LogP contribution in [-0.2, 0) is 4.74 Å². The lowest BCUT2D eigenvalue weighted by Crippen LogP contribution is -2.43. The van der Waals surface area contributed by atoms with Gasteiger partial charge in [0, 0.05) is 30.0 Å². The molecule has 24 heavy (non-hydrogen) atoms. The van der Waals surface area contributed by atoms with Gasteiger partial charge in [0.25, 0.3) is 0 Å². The Morgan fingerprint density at radius 1 is 1.33 bits per heavy atom. The minimum Gasteiger partial charge on any atom is -0.444 e. The highest BCUT2D eigenvalue weighted by atomic mass is 79.9. The van der Waals surface area contributed by atoms with Crippen LogP contribution in [0.3, 0.4) is 0 Å². The summed E-state index contributed by atoms with van der Waals surface area (Å²) in [6, 6.07) is 8.45. The number of piperidine rings is 1. The first-order valence-electron chi connectivity index (χ1n) is 8.69. The summed E-state index contributed by atoms with van der Waals surface area (Å²) < 4.78 is 6.66. The number of carbonyl (C=O) groups excluding carboxylic acids is 1. The number of likely N-dealkylation sites (tertiary alicyclic amines) is 1. The number of hydrogen-bond donors (Lipinski definition) is 1. The lowest BCUT2D eigenvalue weighted by atomic mass is 9.80. The average molecular weight is 397 g/mol. The van der Waals surface area contributed by atoms with Crippen LogP contribution in [0.15, 0.2) is 28.7 Å². The predicted molar refractivity (Wildman–Crippen MR) is 101 cm³/mol. The summed E-state index contributed by atoms with van der Waals surface area (Å²) in [4.78, 5) is 14.1. The fourth-order valence-electron chi connectivity index (χ4n) is 3.34. The molecule has 1 heterocycles. The van der Waals surface area contributed by atoms with Gasteiger partial charge >= 0.3 is 6.09 Å². The SMILES string of the molecule is CNCC(c1ccccc1Br)C1CCN(C(=O)OC(C)(C)C)CC1. The number of benzene rings is 1. The summed E-state index contributed by atoms with van der Waals surface area (Å²) in [6.45, 7) is 8.21. The Morgan fingerprint density at radius 2 is 1.96 bits per heavy atom. The zero-order chi connectivity index (χ0) is 17.7. The van der Waals surface area contributed by atoms with Crippen LogP contribution in [0.25, 0.3) is 0 Å². The van der Waals surface area contributed by atoms with E-state index < -0.39 is 5.60 Å². The molecule has 1 aliphatic heterocycles. The Morgan fingerprint density at radius 3 is 2.50 bits per heavy atom. The number of amides is 1. The van der Waals surface area contributed by atoms with E-state index in [1.165, 1.54) is 10.0 Å². The molecule has 0 aliphatic carbocycles. The van der Waals surface area contributed by atoms with E-state index in [0.29, 0.717) is 11.8 Å². The van der Waals surface area contributed by atoms with Gasteiger partial charge in [-0.25, -0.2) is 4.79 Å². The molecular formula is C19H29BrN2O2. The molecular weight excluding hydrogens is 368 g/mol. The molecule has 1 aliphatic rings. The number of carbonyl (C=O) groups is 1. The molecule has 1 atom stereocenters. The van der Waals surface area contributed by atoms with Crippen molar-refractivity contribution in [2.75, 3.05) is 26.7 Å². The molecule has 1 aromatic rings. The van der Waals surface area contributed by atoms with Crippen molar-refractivity contribution in [2.45, 2.75) is 45.1 Å². The highest BCUT2D eigenvalue weighted by molar-refractivity contribution is 9.10. The van der Waals surface area contributed by atoms with Crippen LogP contribution >= 0.6 is 15.9 Å². The van der Waals surface area contributed by atoms with Crippen LogP contribution in [0.4, 0.5) is 4.79 Å². The van der Waals surface area contributed by atoms with E-state index >= 15 is 0 Å². The standard InChI is InChI=1S/C19H29BrN2O2/c1-19(2,3)24-18(23)22-11-9-14(10-12-22)16(13-21-4)15-7-5-6-8-17(15)20/h5-8,14,16,21H,9-13H2,1-4H3. The molecule has 1 amide bonds. The monoisotopic (exact) mass is 396 g/mol. The molecule has 5 heteroatoms. The van der Waals surface area contributed by atoms with Crippen molar-refractivity contribution in [2.24, 2.45) is 5.92 Å². The van der Waals surface area contributed by atoms with Crippen molar-refractivity contribution >= 4 is 22.0 Å². The van der Waals surface area contributed by atoms with Gasteiger partial charge in [-0.05, 0) is 58.2 Å². The summed E-state index contributed by atoms with van der Waals surface area (Å²) in [5, 5.41) is 3.33. The Balaban J connectivity index is 2.01. The summed E-state index contributed by atoms with van der Waals surface area (Å²) in [7, 11) is 2.00. The number of nitrogens with zero attached hydrogens (tertiary/aromatic N) is 1. The van der Waals surface area contributed by atoms with Gasteiger partial charge in [-0.15, -0.1) is 0 Å². The second-order valence-electron chi connectivity index (χ2n) is 7.49. The van der Waals surface area contributed by atoms with Crippen molar-refractivity contribution < 1.29 is 9.53 Å². The lowest BCUT2D eigenvalue weighted by molar-refractivity contribution is 0.0174. The number of halogens is 1. The van der Waals surface area contributed by atoms with Gasteiger partial charge in [-0.3, -0.25) is 0 Å². The van der Waals surface area contributed by atoms with Gasteiger partial charge in [0.15, 0.2) is 0 Å². The zero-order valence-corrected chi connectivity index (χ0v) is 16.7. The van der Waals surface area contributed by atoms with E-state index in [-0.39, 0.29) is 6.09 Å². The fourth-order valence-corrected chi connectivity index (χ4v) is 3.92. The van der Waals surface area contributed by atoms with Gasteiger partial charge in [0.05, 0.1) is 0 Å². The van der Waals surface area contributed by atoms with Crippen molar-refractivity contribution in [1.82, 2.24) is 10.2 Å². The molecule has 0 spiro atoms. The van der Waals surface area contributed by atoms with E-state index in [1.807, 2.05) is 32.7 Å². The zero-order valence-electron chi connectivity index (χ0n) is 15.1. The first kappa shape index (κ1) is 19.3. The molecule has 0 radical (unpaired) electrons. The summed E-state index contributed by atoms with van der Waals surface area (Å²) in [5.41, 5.74) is 0.917. The van der Waals surface area contributed by atoms with Crippen LogP contribution in [0.5, 0.6) is 0 Å². The highest BCUT2D eigenvalue weighted by Gasteiger charge is 2.31. The molecule has 1 unspecified atom stereocenters. The van der Waals surface area contributed by atoms with Crippen LogP contribution in [0.2, 0.25) is 0 Å². The van der Waals surface area contributed by atoms with E-state index in [1.54, 1.807) is 0 Å². The fraction of sp³-hybridized carbons (Fsp3) is 0.632. The summed E-state index contributed by atoms with van der Waals surface area (Å²) in [6.07, 6.45) is 1.83. The third-order valence-corrected chi connectivity index (χ3v) is 5.21. The Labute approximate surface area is 154 Å². The molecule has 134 valence electrons. The van der Waals surface area contributed by atoms with Crippen LogP contribution in [0, 0.1) is 5.92 Å².